The first kappa shape index (κ1) is 16.9. The van der Waals surface area contributed by atoms with Gasteiger partial charge in [0.2, 0.25) is 5.91 Å². The highest BCUT2D eigenvalue weighted by Crippen LogP contribution is 2.28. The van der Waals surface area contributed by atoms with E-state index in [0.29, 0.717) is 13.1 Å². The third-order valence-electron chi connectivity index (χ3n) is 4.99. The van der Waals surface area contributed by atoms with E-state index in [4.69, 9.17) is 5.26 Å². The molecule has 0 aromatic rings. The van der Waals surface area contributed by atoms with Crippen LogP contribution >= 0.6 is 0 Å². The van der Waals surface area contributed by atoms with E-state index < -0.39 is 0 Å². The van der Waals surface area contributed by atoms with Crippen molar-refractivity contribution in [3.8, 4) is 6.07 Å². The molecule has 0 aromatic carbocycles. The predicted molar refractivity (Wildman–Crippen MR) is 91.4 cm³/mol. The van der Waals surface area contributed by atoms with Crippen LogP contribution in [0.25, 0.3) is 0 Å². The summed E-state index contributed by atoms with van der Waals surface area (Å²) >= 11 is 0. The summed E-state index contributed by atoms with van der Waals surface area (Å²) in [6.45, 7) is 5.04. The first-order valence-corrected chi connectivity index (χ1v) is 8.29. The Bertz CT molecular complexity index is 692. The fourth-order valence-electron chi connectivity index (χ4n) is 3.60. The average molecular weight is 342 g/mol. The lowest BCUT2D eigenvalue weighted by molar-refractivity contribution is -0.132. The van der Waals surface area contributed by atoms with Gasteiger partial charge in [0.1, 0.15) is 18.4 Å². The van der Waals surface area contributed by atoms with Crippen LogP contribution in [0, 0.1) is 17.2 Å². The van der Waals surface area contributed by atoms with Crippen LogP contribution in [0.2, 0.25) is 0 Å². The Kier molecular flexibility index (Phi) is 4.65. The molecular formula is C17H22N6O2. The van der Waals surface area contributed by atoms with Gasteiger partial charge < -0.3 is 20.4 Å². The second-order valence-electron chi connectivity index (χ2n) is 6.38. The number of likely N-dealkylation sites (tertiary alicyclic amines) is 1. The van der Waals surface area contributed by atoms with Gasteiger partial charge >= 0.3 is 6.03 Å². The summed E-state index contributed by atoms with van der Waals surface area (Å²) in [5.41, 5.74) is 0.949. The van der Waals surface area contributed by atoms with Crippen LogP contribution in [-0.2, 0) is 4.79 Å². The van der Waals surface area contributed by atoms with E-state index >= 15 is 0 Å². The van der Waals surface area contributed by atoms with Gasteiger partial charge in [-0.15, -0.1) is 6.58 Å². The molecule has 8 heteroatoms. The number of rotatable bonds is 4. The Hall–Kier alpha value is -2.95. The summed E-state index contributed by atoms with van der Waals surface area (Å²) in [7, 11) is 1.91. The maximum Gasteiger partial charge on any atom is 0.322 e. The minimum absolute atomic E-state index is 0.0237. The summed E-state index contributed by atoms with van der Waals surface area (Å²) in [5, 5.41) is 17.5. The molecule has 0 saturated carbocycles. The number of hydrogen-bond donors (Lipinski definition) is 3. The van der Waals surface area contributed by atoms with E-state index in [2.05, 4.69) is 22.5 Å². The highest BCUT2D eigenvalue weighted by Gasteiger charge is 2.37. The van der Waals surface area contributed by atoms with Crippen molar-refractivity contribution >= 4 is 11.9 Å². The van der Waals surface area contributed by atoms with Crippen LogP contribution < -0.4 is 16.0 Å². The van der Waals surface area contributed by atoms with E-state index in [0.717, 1.165) is 17.8 Å². The molecule has 3 heterocycles. The van der Waals surface area contributed by atoms with Gasteiger partial charge in [-0.05, 0) is 18.7 Å². The van der Waals surface area contributed by atoms with Crippen LogP contribution in [0.15, 0.2) is 36.3 Å². The van der Waals surface area contributed by atoms with Crippen molar-refractivity contribution in [2.24, 2.45) is 5.92 Å². The van der Waals surface area contributed by atoms with Crippen LogP contribution in [0.5, 0.6) is 0 Å². The molecule has 3 unspecified atom stereocenters. The third-order valence-corrected chi connectivity index (χ3v) is 4.99. The summed E-state index contributed by atoms with van der Waals surface area (Å²) in [6, 6.07) is 1.62. The molecular weight excluding hydrogens is 320 g/mol. The topological polar surface area (TPSA) is 100 Å². The summed E-state index contributed by atoms with van der Waals surface area (Å²) in [4.78, 5) is 27.8. The van der Waals surface area contributed by atoms with Gasteiger partial charge in [-0.3, -0.25) is 10.1 Å². The van der Waals surface area contributed by atoms with E-state index in [1.54, 1.807) is 11.1 Å². The molecule has 3 aliphatic heterocycles. The van der Waals surface area contributed by atoms with Crippen molar-refractivity contribution in [1.29, 1.82) is 5.26 Å². The Labute approximate surface area is 146 Å². The molecule has 3 aliphatic rings. The first-order valence-electron chi connectivity index (χ1n) is 8.29. The first-order chi connectivity index (χ1) is 12.0. The van der Waals surface area contributed by atoms with Crippen LogP contribution in [0.1, 0.15) is 12.8 Å². The van der Waals surface area contributed by atoms with E-state index in [1.807, 2.05) is 30.2 Å². The normalized spacial score (nSPS) is 27.6. The molecule has 1 saturated heterocycles. The molecule has 8 nitrogen and oxygen atoms in total. The number of fused-ring (bicyclic) bond motifs is 1. The molecule has 25 heavy (non-hydrogen) atoms. The third kappa shape index (κ3) is 3.18. The second-order valence-corrected chi connectivity index (χ2v) is 6.38. The molecule has 0 radical (unpaired) electrons. The van der Waals surface area contributed by atoms with Crippen molar-refractivity contribution in [3.05, 3.63) is 36.3 Å². The number of urea groups is 1. The fraction of sp³-hybridized carbons (Fsp3) is 0.471. The van der Waals surface area contributed by atoms with Gasteiger partial charge in [0.25, 0.3) is 0 Å². The highest BCUT2D eigenvalue weighted by molar-refractivity contribution is 5.79. The monoisotopic (exact) mass is 342 g/mol. The zero-order chi connectivity index (χ0) is 18.0. The number of hydrogen-bond acceptors (Lipinski definition) is 5. The predicted octanol–water partition coefficient (Wildman–Crippen LogP) is 0.202. The second kappa shape index (κ2) is 6.89. The molecule has 3 N–H and O–H groups in total. The van der Waals surface area contributed by atoms with Crippen LogP contribution in [0.4, 0.5) is 4.79 Å². The zero-order valence-corrected chi connectivity index (χ0v) is 14.2. The molecule has 3 atom stereocenters. The molecule has 0 spiro atoms. The van der Waals surface area contributed by atoms with Gasteiger partial charge in [0, 0.05) is 31.6 Å². The maximum absolute atomic E-state index is 12.1. The number of nitrogens with one attached hydrogen (secondary N) is 3. The molecule has 3 amide bonds. The molecule has 1 fully saturated rings. The molecule has 132 valence electrons. The quantitative estimate of drug-likeness (QED) is 0.634. The molecule has 3 rings (SSSR count). The number of carbonyl (C=O) groups excluding carboxylic acids is 2. The van der Waals surface area contributed by atoms with Crippen LogP contribution in [0.3, 0.4) is 0 Å². The SMILES string of the molecule is C=CC1CCN(C(=O)CC#N)CC1N(C)C1=C2C=CNC2NC(=O)N1. The number of nitriles is 1. The Morgan fingerprint density at radius 3 is 3.12 bits per heavy atom. The van der Waals surface area contributed by atoms with Crippen molar-refractivity contribution in [2.75, 3.05) is 20.1 Å². The van der Waals surface area contributed by atoms with Crippen molar-refractivity contribution in [2.45, 2.75) is 25.0 Å². The number of nitrogens with zero attached hydrogens (tertiary/aromatic N) is 3. The minimum atomic E-state index is -0.268. The van der Waals surface area contributed by atoms with Gasteiger partial charge in [-0.1, -0.05) is 6.08 Å². The van der Waals surface area contributed by atoms with Crippen molar-refractivity contribution in [1.82, 2.24) is 25.8 Å². The van der Waals surface area contributed by atoms with Crippen molar-refractivity contribution < 1.29 is 9.59 Å². The zero-order valence-electron chi connectivity index (χ0n) is 14.2. The smallest absolute Gasteiger partial charge is 0.322 e. The highest BCUT2D eigenvalue weighted by atomic mass is 16.2. The summed E-state index contributed by atoms with van der Waals surface area (Å²) in [5.74, 6) is 0.755. The lowest BCUT2D eigenvalue weighted by atomic mass is 9.90. The molecule has 0 aromatic heterocycles. The lowest BCUT2D eigenvalue weighted by Gasteiger charge is -2.44. The average Bonchev–Trinajstić information content (AvgIpc) is 3.08. The van der Waals surface area contributed by atoms with E-state index in [-0.39, 0.29) is 36.5 Å². The Morgan fingerprint density at radius 1 is 1.60 bits per heavy atom. The molecule has 0 bridgehead atoms. The number of carbonyl (C=O) groups is 2. The molecule has 0 aliphatic carbocycles. The fourth-order valence-corrected chi connectivity index (χ4v) is 3.60. The van der Waals surface area contributed by atoms with Crippen LogP contribution in [-0.4, -0.2) is 54.1 Å². The largest absolute Gasteiger partial charge is 0.367 e. The minimum Gasteiger partial charge on any atom is -0.367 e. The number of likely N-dealkylation sites (N-methyl/N-ethyl adjacent to an activating group) is 1. The standard InChI is InChI=1S/C17H22N6O2/c1-3-11-6-9-23(14(24)4-7-18)10-13(11)22(2)16-12-5-8-19-15(12)20-17(25)21-16/h3,5,8,11,13,15,19H,1,4,6,9-10H2,2H3,(H2,20,21,25). The Balaban J connectivity index is 1.85. The van der Waals surface area contributed by atoms with E-state index in [9.17, 15) is 9.59 Å². The van der Waals surface area contributed by atoms with Gasteiger partial charge in [-0.2, -0.15) is 5.26 Å². The maximum atomic E-state index is 12.1. The van der Waals surface area contributed by atoms with Gasteiger partial charge in [-0.25, -0.2) is 4.79 Å². The van der Waals surface area contributed by atoms with Crippen molar-refractivity contribution in [3.63, 3.8) is 0 Å². The van der Waals surface area contributed by atoms with E-state index in [1.165, 1.54) is 0 Å². The Morgan fingerprint density at radius 2 is 2.40 bits per heavy atom. The summed E-state index contributed by atoms with van der Waals surface area (Å²) < 4.78 is 0. The number of piperidine rings is 1. The van der Waals surface area contributed by atoms with Gasteiger partial charge in [0.05, 0.1) is 12.1 Å². The lowest BCUT2D eigenvalue weighted by Crippen LogP contribution is -2.58. The number of amides is 3. The summed E-state index contributed by atoms with van der Waals surface area (Å²) in [6.07, 6.45) is 6.05. The van der Waals surface area contributed by atoms with Gasteiger partial charge in [0.15, 0.2) is 0 Å².